The van der Waals surface area contributed by atoms with Gasteiger partial charge in [0.2, 0.25) is 5.91 Å². The highest BCUT2D eigenvalue weighted by Crippen LogP contribution is 2.15. The molecule has 1 amide bonds. The van der Waals surface area contributed by atoms with Gasteiger partial charge in [0.1, 0.15) is 0 Å². The molecule has 0 aliphatic heterocycles. The Morgan fingerprint density at radius 1 is 0.438 bits per heavy atom. The van der Waals surface area contributed by atoms with Crippen LogP contribution in [0.5, 0.6) is 0 Å². The molecule has 0 spiro atoms. The molecule has 0 heterocycles. The Bertz CT molecular complexity index is 1080. The number of rotatable bonds is 51. The first-order valence-electron chi connectivity index (χ1n) is 27.9. The van der Waals surface area contributed by atoms with Gasteiger partial charge in [-0.1, -0.05) is 229 Å². The number of hydrogen-bond acceptors (Lipinski definition) is 5. The molecule has 0 aromatic rings. The van der Waals surface area contributed by atoms with E-state index in [9.17, 15) is 19.8 Å². The highest BCUT2D eigenvalue weighted by atomic mass is 16.5. The number of unbranched alkanes of at least 4 members (excludes halogenated alkanes) is 34. The molecule has 2 unspecified atom stereocenters. The number of carbonyl (C=O) groups is 2. The van der Waals surface area contributed by atoms with Crippen molar-refractivity contribution in [2.75, 3.05) is 13.2 Å². The number of carbonyl (C=O) groups excluding carboxylic acids is 2. The monoisotopic (exact) mass is 898 g/mol. The normalized spacial score (nSPS) is 13.0. The molecule has 0 fully saturated rings. The third kappa shape index (κ3) is 49.3. The molecule has 0 rings (SSSR count). The second-order valence-electron chi connectivity index (χ2n) is 18.9. The molecule has 0 bridgehead atoms. The van der Waals surface area contributed by atoms with Crippen LogP contribution in [0.15, 0.2) is 48.6 Å². The van der Waals surface area contributed by atoms with Crippen molar-refractivity contribution in [1.82, 2.24) is 5.32 Å². The molecule has 0 aromatic heterocycles. The van der Waals surface area contributed by atoms with Gasteiger partial charge in [0.05, 0.1) is 25.4 Å². The summed E-state index contributed by atoms with van der Waals surface area (Å²) < 4.78 is 5.46. The second kappa shape index (κ2) is 53.4. The van der Waals surface area contributed by atoms with E-state index in [4.69, 9.17) is 4.74 Å². The van der Waals surface area contributed by atoms with E-state index < -0.39 is 12.1 Å². The quantitative estimate of drug-likeness (QED) is 0.0321. The predicted molar refractivity (Wildman–Crippen MR) is 278 cm³/mol. The van der Waals surface area contributed by atoms with E-state index in [0.29, 0.717) is 19.4 Å². The second-order valence-corrected chi connectivity index (χ2v) is 18.9. The van der Waals surface area contributed by atoms with Crippen LogP contribution in [0.2, 0.25) is 0 Å². The lowest BCUT2D eigenvalue weighted by Gasteiger charge is -2.19. The Labute approximate surface area is 397 Å². The van der Waals surface area contributed by atoms with Crippen LogP contribution >= 0.6 is 0 Å². The number of esters is 1. The summed E-state index contributed by atoms with van der Waals surface area (Å²) in [5.74, 6) is -0.120. The highest BCUT2D eigenvalue weighted by Gasteiger charge is 2.18. The van der Waals surface area contributed by atoms with Crippen LogP contribution in [0, 0.1) is 0 Å². The number of nitrogens with one attached hydrogen (secondary N) is 1. The lowest BCUT2D eigenvalue weighted by atomic mass is 10.0. The Balaban J connectivity index is 3.53. The minimum Gasteiger partial charge on any atom is -0.466 e. The standard InChI is InChI=1S/C58H107NO5/c1-3-5-7-9-11-13-15-17-19-21-23-26-30-34-38-42-46-50-56(61)55(54-60)59-57(62)51-47-43-39-35-31-27-25-29-33-37-41-45-49-53-64-58(63)52-48-44-40-36-32-28-24-22-20-18-16-14-12-10-8-6-4-2/h12,14,18,20,27,31,46,50,55-56,60-61H,3-11,13,15-17,19,21-26,28-30,32-45,47-49,51-54H2,1-2H3,(H,59,62)/b14-12-,20-18-,31-27-,50-46+. The average Bonchev–Trinajstić information content (AvgIpc) is 3.29. The molecule has 3 N–H and O–H groups in total. The Kier molecular flexibility index (Phi) is 51.6. The first kappa shape index (κ1) is 61.8. The van der Waals surface area contributed by atoms with Crippen molar-refractivity contribution in [3.05, 3.63) is 48.6 Å². The van der Waals surface area contributed by atoms with Crippen molar-refractivity contribution >= 4 is 11.9 Å². The van der Waals surface area contributed by atoms with Crippen molar-refractivity contribution in [1.29, 1.82) is 0 Å². The van der Waals surface area contributed by atoms with Gasteiger partial charge in [0.25, 0.3) is 0 Å². The van der Waals surface area contributed by atoms with E-state index in [1.165, 1.54) is 180 Å². The van der Waals surface area contributed by atoms with E-state index >= 15 is 0 Å². The van der Waals surface area contributed by atoms with Crippen LogP contribution in [-0.4, -0.2) is 47.4 Å². The summed E-state index contributed by atoms with van der Waals surface area (Å²) in [7, 11) is 0. The lowest BCUT2D eigenvalue weighted by Crippen LogP contribution is -2.45. The maximum Gasteiger partial charge on any atom is 0.305 e. The highest BCUT2D eigenvalue weighted by molar-refractivity contribution is 5.76. The van der Waals surface area contributed by atoms with Crippen LogP contribution in [-0.2, 0) is 14.3 Å². The van der Waals surface area contributed by atoms with Gasteiger partial charge in [-0.25, -0.2) is 0 Å². The summed E-state index contributed by atoms with van der Waals surface area (Å²) in [5.41, 5.74) is 0. The largest absolute Gasteiger partial charge is 0.466 e. The topological polar surface area (TPSA) is 95.9 Å². The van der Waals surface area contributed by atoms with Crippen molar-refractivity contribution < 1.29 is 24.5 Å². The number of allylic oxidation sites excluding steroid dienone is 7. The minimum atomic E-state index is -0.863. The summed E-state index contributed by atoms with van der Waals surface area (Å²) in [5, 5.41) is 23.1. The lowest BCUT2D eigenvalue weighted by molar-refractivity contribution is -0.143. The first-order chi connectivity index (χ1) is 31.5. The summed E-state index contributed by atoms with van der Waals surface area (Å²) >= 11 is 0. The number of hydrogen-bond donors (Lipinski definition) is 3. The van der Waals surface area contributed by atoms with Crippen molar-refractivity contribution in [3.63, 3.8) is 0 Å². The summed E-state index contributed by atoms with van der Waals surface area (Å²) in [6.07, 6.45) is 66.9. The van der Waals surface area contributed by atoms with Gasteiger partial charge in [-0.2, -0.15) is 0 Å². The van der Waals surface area contributed by atoms with Crippen molar-refractivity contribution in [2.24, 2.45) is 0 Å². The smallest absolute Gasteiger partial charge is 0.305 e. The Morgan fingerprint density at radius 2 is 0.781 bits per heavy atom. The summed E-state index contributed by atoms with van der Waals surface area (Å²) in [6, 6.07) is -0.650. The maximum absolute atomic E-state index is 12.4. The molecule has 6 heteroatoms. The van der Waals surface area contributed by atoms with E-state index in [0.717, 1.165) is 77.0 Å². The van der Waals surface area contributed by atoms with Gasteiger partial charge in [0, 0.05) is 12.8 Å². The molecule has 2 atom stereocenters. The van der Waals surface area contributed by atoms with Gasteiger partial charge in [0.15, 0.2) is 0 Å². The Hall–Kier alpha value is -2.18. The molecule has 0 aromatic carbocycles. The molecule has 0 aliphatic rings. The fourth-order valence-electron chi connectivity index (χ4n) is 8.25. The molecule has 0 aliphatic carbocycles. The predicted octanol–water partition coefficient (Wildman–Crippen LogP) is 17.0. The molecule has 0 saturated heterocycles. The van der Waals surface area contributed by atoms with E-state index in [1.807, 2.05) is 6.08 Å². The number of ether oxygens (including phenoxy) is 1. The van der Waals surface area contributed by atoms with E-state index in [1.54, 1.807) is 6.08 Å². The van der Waals surface area contributed by atoms with Crippen LogP contribution in [0.3, 0.4) is 0 Å². The summed E-state index contributed by atoms with van der Waals surface area (Å²) in [6.45, 7) is 4.83. The molecule has 64 heavy (non-hydrogen) atoms. The van der Waals surface area contributed by atoms with Gasteiger partial charge in [-0.05, 0) is 89.9 Å². The fourth-order valence-corrected chi connectivity index (χ4v) is 8.25. The molecular weight excluding hydrogens is 791 g/mol. The van der Waals surface area contributed by atoms with Gasteiger partial charge in [-0.3, -0.25) is 9.59 Å². The number of amides is 1. The number of aliphatic hydroxyl groups excluding tert-OH is 2. The molecule has 0 saturated carbocycles. The summed E-state index contributed by atoms with van der Waals surface area (Å²) in [4.78, 5) is 24.5. The molecular formula is C58H107NO5. The van der Waals surface area contributed by atoms with Crippen LogP contribution in [0.25, 0.3) is 0 Å². The van der Waals surface area contributed by atoms with E-state index in [2.05, 4.69) is 55.6 Å². The zero-order valence-corrected chi connectivity index (χ0v) is 42.5. The third-order valence-corrected chi connectivity index (χ3v) is 12.6. The first-order valence-corrected chi connectivity index (χ1v) is 27.9. The fraction of sp³-hybridized carbons (Fsp3) is 0.828. The van der Waals surface area contributed by atoms with Crippen molar-refractivity contribution in [2.45, 2.75) is 296 Å². The van der Waals surface area contributed by atoms with Crippen LogP contribution < -0.4 is 5.32 Å². The van der Waals surface area contributed by atoms with Crippen LogP contribution in [0.1, 0.15) is 284 Å². The van der Waals surface area contributed by atoms with Gasteiger partial charge < -0.3 is 20.3 Å². The van der Waals surface area contributed by atoms with Gasteiger partial charge in [-0.15, -0.1) is 0 Å². The molecule has 374 valence electrons. The average molecular weight is 898 g/mol. The zero-order chi connectivity index (χ0) is 46.5. The SMILES string of the molecule is CCCCC/C=C\C/C=C\CCCCCCCCCC(=O)OCCCCCCCC/C=C\CCCCCC(=O)NC(CO)C(O)/C=C/CCCCCCCCCCCCCCCCC. The van der Waals surface area contributed by atoms with Crippen molar-refractivity contribution in [3.8, 4) is 0 Å². The minimum absolute atomic E-state index is 0.0222. The Morgan fingerprint density at radius 3 is 1.25 bits per heavy atom. The third-order valence-electron chi connectivity index (χ3n) is 12.6. The zero-order valence-electron chi connectivity index (χ0n) is 42.5. The van der Waals surface area contributed by atoms with Crippen LogP contribution in [0.4, 0.5) is 0 Å². The molecule has 0 radical (unpaired) electrons. The molecule has 6 nitrogen and oxygen atoms in total. The van der Waals surface area contributed by atoms with E-state index in [-0.39, 0.29) is 18.5 Å². The maximum atomic E-state index is 12.4. The number of aliphatic hydroxyl groups is 2. The van der Waals surface area contributed by atoms with Gasteiger partial charge >= 0.3 is 5.97 Å².